The van der Waals surface area contributed by atoms with E-state index in [2.05, 4.69) is 4.98 Å². The topological polar surface area (TPSA) is 117 Å². The molecule has 3 heterocycles. The fraction of sp³-hybridized carbons (Fsp3) is 0.571. The minimum atomic E-state index is -3.38. The summed E-state index contributed by atoms with van der Waals surface area (Å²) in [6, 6.07) is 3.66. The second-order valence-electron chi connectivity index (χ2n) is 6.43. The lowest BCUT2D eigenvalue weighted by atomic mass is 9.81. The zero-order valence-electron chi connectivity index (χ0n) is 12.8. The van der Waals surface area contributed by atoms with Crippen LogP contribution in [0.2, 0.25) is 0 Å². The number of sulfonamides is 1. The van der Waals surface area contributed by atoms with Crippen molar-refractivity contribution in [1.29, 1.82) is 0 Å². The number of nitrogen functional groups attached to an aromatic ring is 1. The van der Waals surface area contributed by atoms with E-state index in [0.717, 1.165) is 11.8 Å². The average molecular weight is 340 g/mol. The van der Waals surface area contributed by atoms with Gasteiger partial charge in [0.15, 0.2) is 0 Å². The lowest BCUT2D eigenvalue weighted by molar-refractivity contribution is -0.148. The summed E-state index contributed by atoms with van der Waals surface area (Å²) < 4.78 is 24.8. The maximum atomic E-state index is 11.9. The number of carboxylic acid groups (broad SMARTS) is 1. The van der Waals surface area contributed by atoms with Gasteiger partial charge in [0, 0.05) is 50.4 Å². The number of pyridine rings is 1. The Morgan fingerprint density at radius 2 is 2.22 bits per heavy atom. The van der Waals surface area contributed by atoms with Crippen molar-refractivity contribution in [3.63, 3.8) is 0 Å². The van der Waals surface area contributed by atoms with Gasteiger partial charge in [-0.15, -0.1) is 0 Å². The van der Waals surface area contributed by atoms with Crippen LogP contribution in [0.15, 0.2) is 18.3 Å². The Morgan fingerprint density at radius 1 is 1.48 bits per heavy atom. The highest BCUT2D eigenvalue weighted by Gasteiger charge is 2.59. The summed E-state index contributed by atoms with van der Waals surface area (Å²) in [5.41, 5.74) is 5.66. The first-order valence-corrected chi connectivity index (χ1v) is 9.17. The number of hydrogen-bond donors (Lipinski definition) is 2. The molecule has 2 saturated heterocycles. The van der Waals surface area contributed by atoms with E-state index in [1.165, 1.54) is 4.31 Å². The van der Waals surface area contributed by atoms with E-state index < -0.39 is 21.4 Å². The van der Waals surface area contributed by atoms with E-state index in [4.69, 9.17) is 5.73 Å². The first kappa shape index (κ1) is 16.2. The van der Waals surface area contributed by atoms with Gasteiger partial charge in [-0.25, -0.2) is 17.7 Å². The minimum Gasteiger partial charge on any atom is -0.481 e. The van der Waals surface area contributed by atoms with Crippen LogP contribution in [0.4, 0.5) is 5.82 Å². The molecule has 0 radical (unpaired) electrons. The Hall–Kier alpha value is -1.71. The summed E-state index contributed by atoms with van der Waals surface area (Å²) in [4.78, 5) is 17.9. The molecule has 1 aromatic heterocycles. The number of rotatable bonds is 4. The molecular weight excluding hydrogens is 320 g/mol. The van der Waals surface area contributed by atoms with E-state index in [1.54, 1.807) is 12.3 Å². The van der Waals surface area contributed by atoms with Crippen molar-refractivity contribution in [1.82, 2.24) is 14.2 Å². The molecule has 2 atom stereocenters. The van der Waals surface area contributed by atoms with Crippen molar-refractivity contribution in [3.05, 3.63) is 23.9 Å². The van der Waals surface area contributed by atoms with Gasteiger partial charge in [-0.1, -0.05) is 6.07 Å². The van der Waals surface area contributed by atoms with Crippen LogP contribution < -0.4 is 5.73 Å². The minimum absolute atomic E-state index is 0.0326. The number of fused-ring (bicyclic) bond motifs is 1. The van der Waals surface area contributed by atoms with Crippen LogP contribution in [-0.4, -0.2) is 66.1 Å². The van der Waals surface area contributed by atoms with Crippen LogP contribution in [0.1, 0.15) is 5.56 Å². The molecule has 8 nitrogen and oxygen atoms in total. The number of likely N-dealkylation sites (tertiary alicyclic amines) is 1. The Morgan fingerprint density at radius 3 is 2.78 bits per heavy atom. The second-order valence-corrected chi connectivity index (χ2v) is 8.41. The number of carboxylic acids is 1. The molecule has 9 heteroatoms. The quantitative estimate of drug-likeness (QED) is 0.754. The molecule has 0 bridgehead atoms. The van der Waals surface area contributed by atoms with Gasteiger partial charge >= 0.3 is 5.97 Å². The molecule has 0 unspecified atom stereocenters. The third-order valence-corrected chi connectivity index (χ3v) is 6.08. The van der Waals surface area contributed by atoms with Crippen molar-refractivity contribution in [2.75, 3.05) is 38.2 Å². The lowest BCUT2D eigenvalue weighted by Crippen LogP contribution is -2.41. The van der Waals surface area contributed by atoms with Crippen LogP contribution in [-0.2, 0) is 21.4 Å². The Kier molecular flexibility index (Phi) is 3.81. The normalized spacial score (nSPS) is 28.8. The zero-order valence-corrected chi connectivity index (χ0v) is 13.7. The van der Waals surface area contributed by atoms with Crippen LogP contribution in [0, 0.1) is 11.3 Å². The first-order chi connectivity index (χ1) is 10.7. The molecular formula is C14H20N4O4S. The molecule has 3 rings (SSSR count). The van der Waals surface area contributed by atoms with Crippen LogP contribution in [0.5, 0.6) is 0 Å². The number of carbonyl (C=O) groups is 1. The van der Waals surface area contributed by atoms with Gasteiger partial charge in [-0.2, -0.15) is 0 Å². The number of nitrogens with zero attached hydrogens (tertiary/aromatic N) is 3. The highest BCUT2D eigenvalue weighted by molar-refractivity contribution is 7.88. The average Bonchev–Trinajstić information content (AvgIpc) is 2.95. The Bertz CT molecular complexity index is 738. The van der Waals surface area contributed by atoms with E-state index in [1.807, 2.05) is 11.0 Å². The monoisotopic (exact) mass is 340 g/mol. The molecule has 2 aliphatic heterocycles. The Balaban J connectivity index is 1.80. The molecule has 126 valence electrons. The van der Waals surface area contributed by atoms with Crippen molar-refractivity contribution in [3.8, 4) is 0 Å². The molecule has 0 saturated carbocycles. The molecule has 0 aliphatic carbocycles. The molecule has 0 amide bonds. The molecule has 23 heavy (non-hydrogen) atoms. The van der Waals surface area contributed by atoms with Crippen molar-refractivity contribution >= 4 is 21.8 Å². The molecule has 2 fully saturated rings. The van der Waals surface area contributed by atoms with Gasteiger partial charge in [-0.3, -0.25) is 9.69 Å². The predicted octanol–water partition coefficient (Wildman–Crippen LogP) is -0.558. The van der Waals surface area contributed by atoms with Crippen molar-refractivity contribution < 1.29 is 18.3 Å². The lowest BCUT2D eigenvalue weighted by Gasteiger charge is -2.24. The summed E-state index contributed by atoms with van der Waals surface area (Å²) in [5, 5.41) is 9.71. The molecule has 1 aromatic rings. The van der Waals surface area contributed by atoms with Gasteiger partial charge in [0.05, 0.1) is 11.7 Å². The van der Waals surface area contributed by atoms with Crippen LogP contribution in [0.3, 0.4) is 0 Å². The zero-order chi connectivity index (χ0) is 16.8. The van der Waals surface area contributed by atoms with Gasteiger partial charge in [0.2, 0.25) is 10.0 Å². The number of aliphatic carboxylic acids is 1. The standard InChI is InChI=1S/C14H20N4O4S/c1-23(21,22)18-7-11-6-17(8-14(11,9-18)13(19)20)5-10-3-2-4-16-12(10)15/h2-4,11H,5-9H2,1H3,(H2,15,16)(H,19,20)/t11-,14-/m0/s1. The van der Waals surface area contributed by atoms with Crippen LogP contribution in [0.25, 0.3) is 0 Å². The van der Waals surface area contributed by atoms with Gasteiger partial charge in [0.25, 0.3) is 0 Å². The van der Waals surface area contributed by atoms with Crippen LogP contribution >= 0.6 is 0 Å². The summed E-state index contributed by atoms with van der Waals surface area (Å²) in [5.74, 6) is -0.713. The number of anilines is 1. The van der Waals surface area contributed by atoms with Gasteiger partial charge in [-0.05, 0) is 6.07 Å². The van der Waals surface area contributed by atoms with Gasteiger partial charge in [0.1, 0.15) is 5.82 Å². The summed E-state index contributed by atoms with van der Waals surface area (Å²) in [6.45, 7) is 1.65. The Labute approximate surface area is 134 Å². The van der Waals surface area contributed by atoms with Crippen molar-refractivity contribution in [2.45, 2.75) is 6.54 Å². The summed E-state index contributed by atoms with van der Waals surface area (Å²) >= 11 is 0. The maximum absolute atomic E-state index is 11.9. The number of aromatic nitrogens is 1. The molecule has 0 spiro atoms. The van der Waals surface area contributed by atoms with E-state index in [9.17, 15) is 18.3 Å². The first-order valence-electron chi connectivity index (χ1n) is 7.32. The summed E-state index contributed by atoms with van der Waals surface area (Å²) in [7, 11) is -3.38. The smallest absolute Gasteiger partial charge is 0.312 e. The SMILES string of the molecule is CS(=O)(=O)N1C[C@@H]2CN(Cc3cccnc3N)C[C@]2(C(=O)O)C1. The maximum Gasteiger partial charge on any atom is 0.312 e. The highest BCUT2D eigenvalue weighted by atomic mass is 32.2. The highest BCUT2D eigenvalue weighted by Crippen LogP contribution is 2.44. The third kappa shape index (κ3) is 2.79. The largest absolute Gasteiger partial charge is 0.481 e. The van der Waals surface area contributed by atoms with E-state index >= 15 is 0 Å². The predicted molar refractivity (Wildman–Crippen MR) is 83.9 cm³/mol. The second kappa shape index (κ2) is 5.43. The third-order valence-electron chi connectivity index (χ3n) is 4.86. The van der Waals surface area contributed by atoms with E-state index in [-0.39, 0.29) is 19.0 Å². The number of nitrogens with two attached hydrogens (primary N) is 1. The molecule has 0 aromatic carbocycles. The number of hydrogen-bond acceptors (Lipinski definition) is 6. The fourth-order valence-corrected chi connectivity index (χ4v) is 4.54. The summed E-state index contributed by atoms with van der Waals surface area (Å²) in [6.07, 6.45) is 2.73. The van der Waals surface area contributed by atoms with E-state index in [0.29, 0.717) is 25.5 Å². The fourth-order valence-electron chi connectivity index (χ4n) is 3.62. The molecule has 3 N–H and O–H groups in total. The van der Waals surface area contributed by atoms with Crippen molar-refractivity contribution in [2.24, 2.45) is 11.3 Å². The van der Waals surface area contributed by atoms with Gasteiger partial charge < -0.3 is 10.8 Å². The molecule has 2 aliphatic rings.